The molecule has 0 aliphatic carbocycles. The second-order valence-corrected chi connectivity index (χ2v) is 7.25. The number of ether oxygens (including phenoxy) is 1. The number of hydrogen-bond acceptors (Lipinski definition) is 3. The molecular weight excluding hydrogens is 330 g/mol. The molecule has 1 aromatic carbocycles. The predicted molar refractivity (Wildman–Crippen MR) is 99.7 cm³/mol. The van der Waals surface area contributed by atoms with E-state index in [0.717, 1.165) is 37.8 Å². The van der Waals surface area contributed by atoms with Gasteiger partial charge < -0.3 is 19.9 Å². The van der Waals surface area contributed by atoms with E-state index in [4.69, 9.17) is 4.74 Å². The van der Waals surface area contributed by atoms with Crippen molar-refractivity contribution in [3.8, 4) is 0 Å². The summed E-state index contributed by atoms with van der Waals surface area (Å²) < 4.78 is 5.18. The molecule has 1 N–H and O–H groups in total. The number of benzene rings is 1. The number of nitrogens with zero attached hydrogens (tertiary/aromatic N) is 2. The fourth-order valence-electron chi connectivity index (χ4n) is 4.21. The van der Waals surface area contributed by atoms with E-state index < -0.39 is 0 Å². The normalized spacial score (nSPS) is 23.3. The van der Waals surface area contributed by atoms with E-state index in [2.05, 4.69) is 5.32 Å². The molecule has 0 saturated carbocycles. The fraction of sp³-hybridized carbons (Fsp3) is 0.600. The Morgan fingerprint density at radius 3 is 2.77 bits per heavy atom. The van der Waals surface area contributed by atoms with Crippen molar-refractivity contribution in [3.05, 3.63) is 35.9 Å². The molecule has 142 valence electrons. The summed E-state index contributed by atoms with van der Waals surface area (Å²) in [4.78, 5) is 28.8. The molecule has 3 rings (SSSR count). The second kappa shape index (κ2) is 8.54. The number of urea groups is 1. The highest BCUT2D eigenvalue weighted by molar-refractivity contribution is 5.80. The zero-order valence-electron chi connectivity index (χ0n) is 15.6. The van der Waals surface area contributed by atoms with E-state index in [9.17, 15) is 9.59 Å². The average Bonchev–Trinajstić information content (AvgIpc) is 2.83. The van der Waals surface area contributed by atoms with Gasteiger partial charge in [0.25, 0.3) is 0 Å². The van der Waals surface area contributed by atoms with E-state index in [-0.39, 0.29) is 17.5 Å². The van der Waals surface area contributed by atoms with Crippen molar-refractivity contribution in [1.82, 2.24) is 15.1 Å². The van der Waals surface area contributed by atoms with Crippen LogP contribution < -0.4 is 5.32 Å². The summed E-state index contributed by atoms with van der Waals surface area (Å²) in [7, 11) is 1.67. The number of carbonyl (C=O) groups excluding carboxylic acids is 2. The highest BCUT2D eigenvalue weighted by Crippen LogP contribution is 2.38. The lowest BCUT2D eigenvalue weighted by atomic mass is 9.88. The van der Waals surface area contributed by atoms with Crippen LogP contribution in [0.25, 0.3) is 0 Å². The topological polar surface area (TPSA) is 61.9 Å². The SMILES string of the molecule is COCCN1C(=O)CC[C@]12CCCN(C(=O)NCc1ccccc1)CC2. The number of nitrogens with one attached hydrogen (secondary N) is 1. The molecular formula is C20H29N3O3. The van der Waals surface area contributed by atoms with Gasteiger partial charge in [0.1, 0.15) is 0 Å². The lowest BCUT2D eigenvalue weighted by Crippen LogP contribution is -2.48. The van der Waals surface area contributed by atoms with E-state index in [0.29, 0.717) is 32.7 Å². The van der Waals surface area contributed by atoms with Crippen LogP contribution in [0, 0.1) is 0 Å². The summed E-state index contributed by atoms with van der Waals surface area (Å²) in [6.07, 6.45) is 4.25. The van der Waals surface area contributed by atoms with Gasteiger partial charge in [-0.25, -0.2) is 4.79 Å². The number of likely N-dealkylation sites (tertiary alicyclic amines) is 2. The zero-order chi connectivity index (χ0) is 18.4. The zero-order valence-corrected chi connectivity index (χ0v) is 15.6. The molecule has 0 bridgehead atoms. The van der Waals surface area contributed by atoms with E-state index in [1.54, 1.807) is 7.11 Å². The Labute approximate surface area is 155 Å². The third-order valence-electron chi connectivity index (χ3n) is 5.69. The van der Waals surface area contributed by atoms with Crippen molar-refractivity contribution < 1.29 is 14.3 Å². The van der Waals surface area contributed by atoms with Crippen molar-refractivity contribution in [1.29, 1.82) is 0 Å². The van der Waals surface area contributed by atoms with Gasteiger partial charge in [0, 0.05) is 45.2 Å². The highest BCUT2D eigenvalue weighted by Gasteiger charge is 2.45. The van der Waals surface area contributed by atoms with Crippen molar-refractivity contribution >= 4 is 11.9 Å². The van der Waals surface area contributed by atoms with Crippen LogP contribution in [-0.4, -0.2) is 60.6 Å². The Morgan fingerprint density at radius 2 is 2.00 bits per heavy atom. The molecule has 2 aliphatic rings. The van der Waals surface area contributed by atoms with Gasteiger partial charge in [0.15, 0.2) is 0 Å². The molecule has 1 atom stereocenters. The van der Waals surface area contributed by atoms with Crippen LogP contribution >= 0.6 is 0 Å². The first kappa shape index (κ1) is 18.7. The van der Waals surface area contributed by atoms with Crippen LogP contribution in [0.3, 0.4) is 0 Å². The van der Waals surface area contributed by atoms with Crippen LogP contribution in [0.4, 0.5) is 4.79 Å². The van der Waals surface area contributed by atoms with E-state index in [1.165, 1.54) is 0 Å². The molecule has 0 aromatic heterocycles. The predicted octanol–water partition coefficient (Wildman–Crippen LogP) is 2.39. The van der Waals surface area contributed by atoms with Gasteiger partial charge in [-0.1, -0.05) is 30.3 Å². The molecule has 3 amide bonds. The summed E-state index contributed by atoms with van der Waals surface area (Å²) in [6.45, 7) is 3.19. The van der Waals surface area contributed by atoms with Crippen molar-refractivity contribution in [3.63, 3.8) is 0 Å². The molecule has 6 heteroatoms. The first-order valence-electron chi connectivity index (χ1n) is 9.51. The van der Waals surface area contributed by atoms with Gasteiger partial charge in [0.05, 0.1) is 6.61 Å². The number of rotatable bonds is 5. The van der Waals surface area contributed by atoms with E-state index >= 15 is 0 Å². The smallest absolute Gasteiger partial charge is 0.317 e. The van der Waals surface area contributed by atoms with Crippen LogP contribution in [0.15, 0.2) is 30.3 Å². The summed E-state index contributed by atoms with van der Waals surface area (Å²) in [5, 5.41) is 3.02. The summed E-state index contributed by atoms with van der Waals surface area (Å²) in [5.41, 5.74) is 1.00. The second-order valence-electron chi connectivity index (χ2n) is 7.25. The van der Waals surface area contributed by atoms with Crippen LogP contribution in [0.1, 0.15) is 37.7 Å². The standard InChI is InChI=1S/C20H29N3O3/c1-26-15-14-23-18(24)8-10-20(23)9-5-12-22(13-11-20)19(25)21-16-17-6-3-2-4-7-17/h2-4,6-7H,5,8-16H2,1H3,(H,21,25)/t20-/m0/s1. The van der Waals surface area contributed by atoms with Crippen LogP contribution in [0.5, 0.6) is 0 Å². The van der Waals surface area contributed by atoms with Gasteiger partial charge in [0.2, 0.25) is 5.91 Å². The van der Waals surface area contributed by atoms with Crippen molar-refractivity contribution in [2.75, 3.05) is 33.4 Å². The minimum absolute atomic E-state index is 0.0151. The molecule has 2 saturated heterocycles. The first-order chi connectivity index (χ1) is 12.6. The van der Waals surface area contributed by atoms with E-state index in [1.807, 2.05) is 40.1 Å². The van der Waals surface area contributed by atoms with Gasteiger partial charge in [-0.05, 0) is 31.2 Å². The minimum atomic E-state index is -0.0932. The molecule has 1 spiro atoms. The quantitative estimate of drug-likeness (QED) is 0.878. The average molecular weight is 359 g/mol. The molecule has 1 aromatic rings. The maximum Gasteiger partial charge on any atom is 0.317 e. The van der Waals surface area contributed by atoms with Crippen LogP contribution in [0.2, 0.25) is 0 Å². The van der Waals surface area contributed by atoms with Gasteiger partial charge in [-0.15, -0.1) is 0 Å². The Hall–Kier alpha value is -2.08. The maximum atomic E-state index is 12.6. The summed E-state index contributed by atoms with van der Waals surface area (Å²) in [6, 6.07) is 9.92. The lowest BCUT2D eigenvalue weighted by molar-refractivity contribution is -0.132. The van der Waals surface area contributed by atoms with Gasteiger partial charge in [-0.3, -0.25) is 4.79 Å². The number of carbonyl (C=O) groups is 2. The largest absolute Gasteiger partial charge is 0.383 e. The van der Waals surface area contributed by atoms with Crippen molar-refractivity contribution in [2.45, 2.75) is 44.2 Å². The molecule has 2 fully saturated rings. The monoisotopic (exact) mass is 359 g/mol. The Balaban J connectivity index is 1.57. The van der Waals surface area contributed by atoms with Gasteiger partial charge in [-0.2, -0.15) is 0 Å². The molecule has 0 radical (unpaired) electrons. The molecule has 2 aliphatic heterocycles. The molecule has 2 heterocycles. The Bertz CT molecular complexity index is 622. The van der Waals surface area contributed by atoms with Crippen LogP contribution in [-0.2, 0) is 16.1 Å². The minimum Gasteiger partial charge on any atom is -0.383 e. The fourth-order valence-corrected chi connectivity index (χ4v) is 4.21. The first-order valence-corrected chi connectivity index (χ1v) is 9.51. The third kappa shape index (κ3) is 4.18. The molecule has 6 nitrogen and oxygen atoms in total. The molecule has 0 unspecified atom stereocenters. The molecule has 26 heavy (non-hydrogen) atoms. The number of amides is 3. The van der Waals surface area contributed by atoms with Gasteiger partial charge >= 0.3 is 6.03 Å². The third-order valence-corrected chi connectivity index (χ3v) is 5.69. The van der Waals surface area contributed by atoms with Crippen molar-refractivity contribution in [2.24, 2.45) is 0 Å². The lowest BCUT2D eigenvalue weighted by Gasteiger charge is -2.38. The Kier molecular flexibility index (Phi) is 6.14. The maximum absolute atomic E-state index is 12.6. The summed E-state index contributed by atoms with van der Waals surface area (Å²) in [5.74, 6) is 0.226. The Morgan fingerprint density at radius 1 is 1.19 bits per heavy atom. The summed E-state index contributed by atoms with van der Waals surface area (Å²) >= 11 is 0. The number of methoxy groups -OCH3 is 1. The number of hydrogen-bond donors (Lipinski definition) is 1. The highest BCUT2D eigenvalue weighted by atomic mass is 16.5.